The molecule has 0 aliphatic rings. The van der Waals surface area contributed by atoms with E-state index in [-0.39, 0.29) is 11.5 Å². The lowest BCUT2D eigenvalue weighted by atomic mass is 10.1. The molecule has 1 rings (SSSR count). The van der Waals surface area contributed by atoms with Crippen LogP contribution in [0, 0.1) is 6.92 Å². The fraction of sp³-hybridized carbons (Fsp3) is 0.250. The Hall–Kier alpha value is -0.910. The summed E-state index contributed by atoms with van der Waals surface area (Å²) in [4.78, 5) is -0.00463. The van der Waals surface area contributed by atoms with Gasteiger partial charge in [-0.2, -0.15) is 0 Å². The van der Waals surface area contributed by atoms with E-state index in [1.54, 1.807) is 19.1 Å². The van der Waals surface area contributed by atoms with E-state index >= 15 is 0 Å². The number of sulfonamides is 1. The Kier molecular flexibility index (Phi) is 2.70. The zero-order valence-corrected chi connectivity index (χ0v) is 8.00. The van der Waals surface area contributed by atoms with E-state index in [1.807, 2.05) is 0 Å². The topological polar surface area (TPSA) is 80.4 Å². The minimum absolute atomic E-state index is 0.00463. The largest absolute Gasteiger partial charge is 0.392 e. The molecule has 0 saturated heterocycles. The van der Waals surface area contributed by atoms with Gasteiger partial charge in [-0.15, -0.1) is 0 Å². The predicted octanol–water partition coefficient (Wildman–Crippen LogP) is 0.135. The number of primary sulfonamides is 1. The first kappa shape index (κ1) is 10.2. The molecule has 0 amide bonds. The van der Waals surface area contributed by atoms with Crippen molar-refractivity contribution in [2.24, 2.45) is 5.14 Å². The lowest BCUT2D eigenvalue weighted by molar-refractivity contribution is 0.277. The number of nitrogens with two attached hydrogens (primary N) is 1. The van der Waals surface area contributed by atoms with Gasteiger partial charge in [0.25, 0.3) is 0 Å². The molecule has 3 N–H and O–H groups in total. The average Bonchev–Trinajstić information content (AvgIpc) is 2.02. The quantitative estimate of drug-likeness (QED) is 0.714. The van der Waals surface area contributed by atoms with Crippen LogP contribution < -0.4 is 5.14 Å². The van der Waals surface area contributed by atoms with Gasteiger partial charge < -0.3 is 5.11 Å². The second-order valence-electron chi connectivity index (χ2n) is 2.75. The SMILES string of the molecule is Cc1cccc(S(N)(=O)=O)c1CO. The normalized spacial score (nSPS) is 11.6. The lowest BCUT2D eigenvalue weighted by Crippen LogP contribution is -2.15. The summed E-state index contributed by atoms with van der Waals surface area (Å²) in [5.41, 5.74) is 1.08. The highest BCUT2D eigenvalue weighted by Crippen LogP contribution is 2.17. The van der Waals surface area contributed by atoms with E-state index in [0.717, 1.165) is 0 Å². The average molecular weight is 201 g/mol. The number of hydrogen-bond acceptors (Lipinski definition) is 3. The summed E-state index contributed by atoms with van der Waals surface area (Å²) in [6, 6.07) is 4.70. The van der Waals surface area contributed by atoms with Crippen LogP contribution in [-0.4, -0.2) is 13.5 Å². The van der Waals surface area contributed by atoms with E-state index in [4.69, 9.17) is 10.2 Å². The number of rotatable bonds is 2. The summed E-state index contributed by atoms with van der Waals surface area (Å²) in [6.45, 7) is 1.40. The van der Waals surface area contributed by atoms with E-state index in [1.165, 1.54) is 6.07 Å². The van der Waals surface area contributed by atoms with Gasteiger partial charge in [0.2, 0.25) is 10.0 Å². The summed E-state index contributed by atoms with van der Waals surface area (Å²) in [6.07, 6.45) is 0. The van der Waals surface area contributed by atoms with E-state index in [0.29, 0.717) is 11.1 Å². The van der Waals surface area contributed by atoms with Gasteiger partial charge in [-0.05, 0) is 18.6 Å². The molecule has 5 heteroatoms. The van der Waals surface area contributed by atoms with Gasteiger partial charge in [-0.1, -0.05) is 12.1 Å². The van der Waals surface area contributed by atoms with Gasteiger partial charge >= 0.3 is 0 Å². The van der Waals surface area contributed by atoms with Crippen LogP contribution in [-0.2, 0) is 16.6 Å². The molecule has 0 saturated carbocycles. The molecular formula is C8H11NO3S. The second-order valence-corrected chi connectivity index (χ2v) is 4.28. The monoisotopic (exact) mass is 201 g/mol. The Morgan fingerprint density at radius 1 is 1.46 bits per heavy atom. The Morgan fingerprint density at radius 3 is 2.46 bits per heavy atom. The first-order valence-corrected chi connectivity index (χ1v) is 5.23. The van der Waals surface area contributed by atoms with Crippen LogP contribution in [0.5, 0.6) is 0 Å². The van der Waals surface area contributed by atoms with Crippen molar-refractivity contribution in [2.45, 2.75) is 18.4 Å². The van der Waals surface area contributed by atoms with Crippen molar-refractivity contribution in [1.82, 2.24) is 0 Å². The van der Waals surface area contributed by atoms with Crippen molar-refractivity contribution in [3.05, 3.63) is 29.3 Å². The number of aryl methyl sites for hydroxylation is 1. The van der Waals surface area contributed by atoms with Crippen molar-refractivity contribution >= 4 is 10.0 Å². The van der Waals surface area contributed by atoms with Crippen LogP contribution in [0.25, 0.3) is 0 Å². The van der Waals surface area contributed by atoms with Crippen LogP contribution >= 0.6 is 0 Å². The highest BCUT2D eigenvalue weighted by atomic mass is 32.2. The van der Waals surface area contributed by atoms with Crippen molar-refractivity contribution in [3.63, 3.8) is 0 Å². The molecule has 1 aromatic rings. The lowest BCUT2D eigenvalue weighted by Gasteiger charge is -2.07. The van der Waals surface area contributed by atoms with Gasteiger partial charge in [0.05, 0.1) is 11.5 Å². The highest BCUT2D eigenvalue weighted by molar-refractivity contribution is 7.89. The van der Waals surface area contributed by atoms with Crippen molar-refractivity contribution in [3.8, 4) is 0 Å². The number of aliphatic hydroxyl groups excluding tert-OH is 1. The maximum Gasteiger partial charge on any atom is 0.238 e. The van der Waals surface area contributed by atoms with Crippen LogP contribution in [0.3, 0.4) is 0 Å². The minimum atomic E-state index is -3.73. The molecule has 0 aliphatic heterocycles. The van der Waals surface area contributed by atoms with Crippen LogP contribution in [0.2, 0.25) is 0 Å². The standard InChI is InChI=1S/C8H11NO3S/c1-6-3-2-4-8(7(6)5-10)13(9,11)12/h2-4,10H,5H2,1H3,(H2,9,11,12). The molecule has 0 aromatic heterocycles. The van der Waals surface area contributed by atoms with Gasteiger partial charge in [0, 0.05) is 5.56 Å². The van der Waals surface area contributed by atoms with E-state index in [9.17, 15) is 8.42 Å². The van der Waals surface area contributed by atoms with Crippen molar-refractivity contribution < 1.29 is 13.5 Å². The first-order valence-electron chi connectivity index (χ1n) is 3.69. The Labute approximate surface area is 77.1 Å². The summed E-state index contributed by atoms with van der Waals surface area (Å²) >= 11 is 0. The fourth-order valence-corrected chi connectivity index (χ4v) is 1.98. The first-order chi connectivity index (χ1) is 5.96. The third kappa shape index (κ3) is 2.06. The van der Waals surface area contributed by atoms with E-state index < -0.39 is 10.0 Å². The summed E-state index contributed by atoms with van der Waals surface area (Å²) in [5.74, 6) is 0. The van der Waals surface area contributed by atoms with Crippen LogP contribution in [0.4, 0.5) is 0 Å². The molecule has 13 heavy (non-hydrogen) atoms. The van der Waals surface area contributed by atoms with Crippen LogP contribution in [0.15, 0.2) is 23.1 Å². The molecule has 0 aliphatic carbocycles. The summed E-state index contributed by atoms with van der Waals surface area (Å²) in [7, 11) is -3.73. The van der Waals surface area contributed by atoms with Crippen molar-refractivity contribution in [1.29, 1.82) is 0 Å². The Bertz CT molecular complexity index is 411. The molecule has 0 heterocycles. The van der Waals surface area contributed by atoms with Gasteiger partial charge in [-0.25, -0.2) is 13.6 Å². The molecule has 1 aromatic carbocycles. The summed E-state index contributed by atoms with van der Waals surface area (Å²) in [5, 5.41) is 13.9. The molecular weight excluding hydrogens is 190 g/mol. The molecule has 0 bridgehead atoms. The zero-order valence-electron chi connectivity index (χ0n) is 7.19. The zero-order chi connectivity index (χ0) is 10.1. The summed E-state index contributed by atoms with van der Waals surface area (Å²) < 4.78 is 22.1. The Balaban J connectivity index is 3.47. The third-order valence-electron chi connectivity index (χ3n) is 1.83. The van der Waals surface area contributed by atoms with Crippen LogP contribution in [0.1, 0.15) is 11.1 Å². The molecule has 0 radical (unpaired) electrons. The molecule has 0 atom stereocenters. The molecule has 0 spiro atoms. The maximum absolute atomic E-state index is 11.0. The highest BCUT2D eigenvalue weighted by Gasteiger charge is 2.13. The van der Waals surface area contributed by atoms with Gasteiger partial charge in [0.15, 0.2) is 0 Å². The maximum atomic E-state index is 11.0. The minimum Gasteiger partial charge on any atom is -0.392 e. The fourth-order valence-electron chi connectivity index (χ4n) is 1.14. The molecule has 0 unspecified atom stereocenters. The number of hydrogen-bond donors (Lipinski definition) is 2. The number of aliphatic hydroxyl groups is 1. The predicted molar refractivity (Wildman–Crippen MR) is 48.5 cm³/mol. The third-order valence-corrected chi connectivity index (χ3v) is 2.83. The molecule has 0 fully saturated rings. The Morgan fingerprint density at radius 2 is 2.08 bits per heavy atom. The van der Waals surface area contributed by atoms with Gasteiger partial charge in [0.1, 0.15) is 0 Å². The smallest absolute Gasteiger partial charge is 0.238 e. The van der Waals surface area contributed by atoms with E-state index in [2.05, 4.69) is 0 Å². The number of benzene rings is 1. The molecule has 72 valence electrons. The van der Waals surface area contributed by atoms with Gasteiger partial charge in [-0.3, -0.25) is 0 Å². The van der Waals surface area contributed by atoms with Crippen molar-refractivity contribution in [2.75, 3.05) is 0 Å². The second kappa shape index (κ2) is 3.45. The molecule has 4 nitrogen and oxygen atoms in total.